The van der Waals surface area contributed by atoms with Gasteiger partial charge in [-0.3, -0.25) is 4.98 Å². The van der Waals surface area contributed by atoms with Gasteiger partial charge in [-0.25, -0.2) is 0 Å². The maximum absolute atomic E-state index is 5.49. The number of hydrogen-bond donors (Lipinski definition) is 1. The molecule has 0 aliphatic carbocycles. The van der Waals surface area contributed by atoms with Crippen molar-refractivity contribution < 1.29 is 4.42 Å². The van der Waals surface area contributed by atoms with E-state index in [0.717, 1.165) is 17.8 Å². The van der Waals surface area contributed by atoms with Crippen LogP contribution >= 0.6 is 0 Å². The summed E-state index contributed by atoms with van der Waals surface area (Å²) >= 11 is 0. The molecule has 72 valence electrons. The van der Waals surface area contributed by atoms with Gasteiger partial charge in [0.05, 0.1) is 5.69 Å². The second-order valence-corrected chi connectivity index (χ2v) is 2.90. The van der Waals surface area contributed by atoms with Gasteiger partial charge in [0, 0.05) is 6.20 Å². The zero-order chi connectivity index (χ0) is 9.97. The molecule has 0 saturated carbocycles. The number of hydrogen-bond acceptors (Lipinski definition) is 4. The molecule has 2 rings (SSSR count). The number of anilines is 1. The molecule has 0 unspecified atom stereocenters. The van der Waals surface area contributed by atoms with Gasteiger partial charge in [-0.1, -0.05) is 13.0 Å². The number of aromatic nitrogens is 2. The van der Waals surface area contributed by atoms with Gasteiger partial charge in [0.15, 0.2) is 5.76 Å². The van der Waals surface area contributed by atoms with Crippen LogP contribution in [0.4, 0.5) is 6.01 Å². The molecule has 2 N–H and O–H groups in total. The van der Waals surface area contributed by atoms with Crippen molar-refractivity contribution in [1.29, 1.82) is 0 Å². The van der Waals surface area contributed by atoms with Gasteiger partial charge in [0.2, 0.25) is 0 Å². The van der Waals surface area contributed by atoms with Crippen LogP contribution in [0.1, 0.15) is 12.6 Å². The maximum Gasteiger partial charge on any atom is 0.292 e. The molecule has 0 aliphatic rings. The average Bonchev–Trinajstić information content (AvgIpc) is 2.61. The normalized spacial score (nSPS) is 10.4. The van der Waals surface area contributed by atoms with Crippen LogP contribution in [-0.4, -0.2) is 9.97 Å². The summed E-state index contributed by atoms with van der Waals surface area (Å²) in [5.41, 5.74) is 7.11. The monoisotopic (exact) mass is 189 g/mol. The summed E-state index contributed by atoms with van der Waals surface area (Å²) in [7, 11) is 0. The number of rotatable bonds is 2. The van der Waals surface area contributed by atoms with Crippen LogP contribution in [-0.2, 0) is 6.42 Å². The summed E-state index contributed by atoms with van der Waals surface area (Å²) in [6.07, 6.45) is 2.50. The highest BCUT2D eigenvalue weighted by Gasteiger charge is 2.12. The van der Waals surface area contributed by atoms with Gasteiger partial charge in [0.25, 0.3) is 6.01 Å². The van der Waals surface area contributed by atoms with Crippen molar-refractivity contribution in [3.63, 3.8) is 0 Å². The van der Waals surface area contributed by atoms with E-state index in [1.807, 2.05) is 25.1 Å². The van der Waals surface area contributed by atoms with Crippen molar-refractivity contribution in [2.75, 3.05) is 5.73 Å². The lowest BCUT2D eigenvalue weighted by Gasteiger charge is -1.95. The minimum absolute atomic E-state index is 0.197. The van der Waals surface area contributed by atoms with Crippen LogP contribution in [0.3, 0.4) is 0 Å². The smallest absolute Gasteiger partial charge is 0.292 e. The van der Waals surface area contributed by atoms with Crippen molar-refractivity contribution in [2.45, 2.75) is 13.3 Å². The highest BCUT2D eigenvalue weighted by Crippen LogP contribution is 2.23. The maximum atomic E-state index is 5.49. The van der Waals surface area contributed by atoms with Crippen molar-refractivity contribution in [1.82, 2.24) is 9.97 Å². The molecule has 2 heterocycles. The molecule has 0 radical (unpaired) electrons. The minimum Gasteiger partial charge on any atom is -0.422 e. The Hall–Kier alpha value is -1.84. The van der Waals surface area contributed by atoms with E-state index in [9.17, 15) is 0 Å². The topological polar surface area (TPSA) is 64.9 Å². The number of pyridine rings is 1. The van der Waals surface area contributed by atoms with Crippen LogP contribution in [0.2, 0.25) is 0 Å². The first kappa shape index (κ1) is 8.74. The third-order valence-corrected chi connectivity index (χ3v) is 1.95. The van der Waals surface area contributed by atoms with Gasteiger partial charge < -0.3 is 10.2 Å². The van der Waals surface area contributed by atoms with E-state index in [4.69, 9.17) is 10.2 Å². The summed E-state index contributed by atoms with van der Waals surface area (Å²) in [6.45, 7) is 2.00. The standard InChI is InChI=1S/C10H11N3O/c1-2-7-9(14-10(11)13-7)8-5-3-4-6-12-8/h3-6H,2H2,1H3,(H2,11,13). The van der Waals surface area contributed by atoms with Crippen LogP contribution in [0.25, 0.3) is 11.5 Å². The molecule has 2 aromatic heterocycles. The van der Waals surface area contributed by atoms with E-state index >= 15 is 0 Å². The summed E-state index contributed by atoms with van der Waals surface area (Å²) in [4.78, 5) is 8.26. The molecule has 4 nitrogen and oxygen atoms in total. The zero-order valence-corrected chi connectivity index (χ0v) is 7.90. The molecule has 4 heteroatoms. The largest absolute Gasteiger partial charge is 0.422 e. The van der Waals surface area contributed by atoms with Gasteiger partial charge in [-0.05, 0) is 18.6 Å². The molecule has 0 spiro atoms. The summed E-state index contributed by atoms with van der Waals surface area (Å²) in [6, 6.07) is 5.83. The van der Waals surface area contributed by atoms with E-state index in [2.05, 4.69) is 9.97 Å². The predicted octanol–water partition coefficient (Wildman–Crippen LogP) is 1.88. The van der Waals surface area contributed by atoms with E-state index in [0.29, 0.717) is 5.76 Å². The Morgan fingerprint density at radius 3 is 2.93 bits per heavy atom. The number of nitrogen functional groups attached to an aromatic ring is 1. The molecule has 0 aromatic carbocycles. The fourth-order valence-corrected chi connectivity index (χ4v) is 1.31. The Kier molecular flexibility index (Phi) is 2.18. The molecule has 2 aromatic rings. The molecule has 0 aliphatic heterocycles. The fraction of sp³-hybridized carbons (Fsp3) is 0.200. The minimum atomic E-state index is 0.197. The SMILES string of the molecule is CCc1nc(N)oc1-c1ccccn1. The number of nitrogens with two attached hydrogens (primary N) is 1. The van der Waals surface area contributed by atoms with Crippen LogP contribution in [0, 0.1) is 0 Å². The third kappa shape index (κ3) is 1.46. The quantitative estimate of drug-likeness (QED) is 0.783. The molecular formula is C10H11N3O. The third-order valence-electron chi connectivity index (χ3n) is 1.95. The van der Waals surface area contributed by atoms with Crippen LogP contribution in [0.15, 0.2) is 28.8 Å². The summed E-state index contributed by atoms with van der Waals surface area (Å²) in [5.74, 6) is 0.672. The Morgan fingerprint density at radius 2 is 2.29 bits per heavy atom. The Balaban J connectivity index is 2.51. The summed E-state index contributed by atoms with van der Waals surface area (Å²) < 4.78 is 5.30. The van der Waals surface area contributed by atoms with Gasteiger partial charge in [-0.15, -0.1) is 0 Å². The van der Waals surface area contributed by atoms with Crippen molar-refractivity contribution in [3.05, 3.63) is 30.1 Å². The fourth-order valence-electron chi connectivity index (χ4n) is 1.31. The number of oxazole rings is 1. The lowest BCUT2D eigenvalue weighted by atomic mass is 10.2. The molecule has 14 heavy (non-hydrogen) atoms. The lowest BCUT2D eigenvalue weighted by molar-refractivity contribution is 0.591. The van der Waals surface area contributed by atoms with Crippen LogP contribution < -0.4 is 5.73 Å². The second kappa shape index (κ2) is 3.49. The molecular weight excluding hydrogens is 178 g/mol. The predicted molar refractivity (Wildman–Crippen MR) is 53.5 cm³/mol. The highest BCUT2D eigenvalue weighted by atomic mass is 16.4. The zero-order valence-electron chi connectivity index (χ0n) is 7.90. The van der Waals surface area contributed by atoms with Gasteiger partial charge in [0.1, 0.15) is 5.69 Å². The second-order valence-electron chi connectivity index (χ2n) is 2.90. The van der Waals surface area contributed by atoms with E-state index in [-0.39, 0.29) is 6.01 Å². The van der Waals surface area contributed by atoms with Gasteiger partial charge in [-0.2, -0.15) is 4.98 Å². The first-order chi connectivity index (χ1) is 6.81. The van der Waals surface area contributed by atoms with E-state index in [1.165, 1.54) is 0 Å². The molecule has 0 fully saturated rings. The first-order valence-corrected chi connectivity index (χ1v) is 4.48. The van der Waals surface area contributed by atoms with Gasteiger partial charge >= 0.3 is 0 Å². The first-order valence-electron chi connectivity index (χ1n) is 4.48. The van der Waals surface area contributed by atoms with Crippen LogP contribution in [0.5, 0.6) is 0 Å². The molecule has 0 bridgehead atoms. The Morgan fingerprint density at radius 1 is 1.43 bits per heavy atom. The average molecular weight is 189 g/mol. The van der Waals surface area contributed by atoms with Crippen molar-refractivity contribution in [2.24, 2.45) is 0 Å². The number of nitrogens with zero attached hydrogens (tertiary/aromatic N) is 2. The highest BCUT2D eigenvalue weighted by molar-refractivity contribution is 5.56. The summed E-state index contributed by atoms with van der Waals surface area (Å²) in [5, 5.41) is 0. The lowest BCUT2D eigenvalue weighted by Crippen LogP contribution is -1.87. The molecule has 0 atom stereocenters. The molecule has 0 saturated heterocycles. The van der Waals surface area contributed by atoms with E-state index < -0.39 is 0 Å². The van der Waals surface area contributed by atoms with Crippen molar-refractivity contribution in [3.8, 4) is 11.5 Å². The van der Waals surface area contributed by atoms with E-state index in [1.54, 1.807) is 6.20 Å². The Labute approximate surface area is 81.8 Å². The Bertz CT molecular complexity index is 422. The molecule has 0 amide bonds. The number of aryl methyl sites for hydroxylation is 1. The van der Waals surface area contributed by atoms with Crippen molar-refractivity contribution >= 4 is 6.01 Å².